The Kier molecular flexibility index (Phi) is 4.25. The topological polar surface area (TPSA) is 63.8 Å². The number of nitrogens with two attached hydrogens (primary N) is 1. The number of pyridine rings is 2. The van der Waals surface area contributed by atoms with Crippen molar-refractivity contribution < 1.29 is 0 Å². The molecule has 0 aliphatic rings. The van der Waals surface area contributed by atoms with Gasteiger partial charge in [0.2, 0.25) is 0 Å². The zero-order chi connectivity index (χ0) is 12.8. The highest BCUT2D eigenvalue weighted by Gasteiger charge is 2.10. The molecule has 2 heterocycles. The van der Waals surface area contributed by atoms with Crippen LogP contribution in [0.4, 0.5) is 5.69 Å². The summed E-state index contributed by atoms with van der Waals surface area (Å²) in [6.07, 6.45) is 9.04. The van der Waals surface area contributed by atoms with Crippen LogP contribution in [-0.4, -0.2) is 23.1 Å². The molecule has 0 aliphatic heterocycles. The highest BCUT2D eigenvalue weighted by molar-refractivity contribution is 5.44. The lowest BCUT2D eigenvalue weighted by atomic mass is 10.0. The van der Waals surface area contributed by atoms with Crippen LogP contribution >= 0.6 is 0 Å². The minimum Gasteiger partial charge on any atom is -0.398 e. The van der Waals surface area contributed by atoms with Gasteiger partial charge in [0, 0.05) is 36.5 Å². The molecular weight excluding hydrogens is 224 g/mol. The quantitative estimate of drug-likeness (QED) is 0.832. The van der Waals surface area contributed by atoms with Crippen molar-refractivity contribution in [2.45, 2.75) is 18.9 Å². The number of aromatic nitrogens is 2. The molecule has 2 aromatic heterocycles. The fourth-order valence-corrected chi connectivity index (χ4v) is 1.95. The van der Waals surface area contributed by atoms with Crippen molar-refractivity contribution in [3.8, 4) is 0 Å². The third kappa shape index (κ3) is 3.28. The maximum absolute atomic E-state index is 5.94. The molecule has 0 fully saturated rings. The Labute approximate surface area is 107 Å². The Morgan fingerprint density at radius 3 is 2.67 bits per heavy atom. The molecule has 0 saturated heterocycles. The van der Waals surface area contributed by atoms with Gasteiger partial charge in [-0.2, -0.15) is 0 Å². The van der Waals surface area contributed by atoms with Gasteiger partial charge in [0.25, 0.3) is 0 Å². The third-order valence-electron chi connectivity index (χ3n) is 3.02. The van der Waals surface area contributed by atoms with Gasteiger partial charge in [-0.15, -0.1) is 0 Å². The van der Waals surface area contributed by atoms with Crippen LogP contribution in [0.3, 0.4) is 0 Å². The SMILES string of the molecule is CNC(Cc1cccnc1)Cc1cnccc1N. The molecule has 18 heavy (non-hydrogen) atoms. The molecule has 0 saturated carbocycles. The van der Waals surface area contributed by atoms with Crippen molar-refractivity contribution in [3.05, 3.63) is 54.1 Å². The van der Waals surface area contributed by atoms with Crippen LogP contribution in [0.25, 0.3) is 0 Å². The maximum Gasteiger partial charge on any atom is 0.0378 e. The van der Waals surface area contributed by atoms with Crippen LogP contribution in [0.1, 0.15) is 11.1 Å². The van der Waals surface area contributed by atoms with E-state index in [1.54, 1.807) is 12.4 Å². The molecule has 0 spiro atoms. The summed E-state index contributed by atoms with van der Waals surface area (Å²) in [7, 11) is 1.97. The van der Waals surface area contributed by atoms with Gasteiger partial charge in [0.1, 0.15) is 0 Å². The van der Waals surface area contributed by atoms with Gasteiger partial charge in [-0.1, -0.05) is 6.07 Å². The molecule has 0 bridgehead atoms. The first-order chi connectivity index (χ1) is 8.79. The summed E-state index contributed by atoms with van der Waals surface area (Å²) in [5, 5.41) is 3.32. The molecule has 2 rings (SSSR count). The summed E-state index contributed by atoms with van der Waals surface area (Å²) in [5.41, 5.74) is 9.04. The molecule has 0 radical (unpaired) electrons. The van der Waals surface area contributed by atoms with E-state index in [9.17, 15) is 0 Å². The van der Waals surface area contributed by atoms with Crippen molar-refractivity contribution in [1.82, 2.24) is 15.3 Å². The minimum atomic E-state index is 0.334. The Morgan fingerprint density at radius 1 is 1.17 bits per heavy atom. The fraction of sp³-hybridized carbons (Fsp3) is 0.286. The second-order valence-corrected chi connectivity index (χ2v) is 4.33. The van der Waals surface area contributed by atoms with Crippen molar-refractivity contribution in [2.24, 2.45) is 0 Å². The summed E-state index contributed by atoms with van der Waals surface area (Å²) in [4.78, 5) is 8.25. The van der Waals surface area contributed by atoms with E-state index in [0.29, 0.717) is 6.04 Å². The summed E-state index contributed by atoms with van der Waals surface area (Å²) < 4.78 is 0. The molecule has 3 N–H and O–H groups in total. The van der Waals surface area contributed by atoms with Crippen LogP contribution < -0.4 is 11.1 Å². The van der Waals surface area contributed by atoms with E-state index in [0.717, 1.165) is 24.1 Å². The molecule has 1 atom stereocenters. The van der Waals surface area contributed by atoms with Gasteiger partial charge < -0.3 is 11.1 Å². The predicted molar refractivity (Wildman–Crippen MR) is 73.1 cm³/mol. The van der Waals surface area contributed by atoms with Crippen LogP contribution in [0.2, 0.25) is 0 Å². The van der Waals surface area contributed by atoms with Gasteiger partial charge in [0.15, 0.2) is 0 Å². The smallest absolute Gasteiger partial charge is 0.0378 e. The van der Waals surface area contributed by atoms with Crippen molar-refractivity contribution >= 4 is 5.69 Å². The van der Waals surface area contributed by atoms with E-state index >= 15 is 0 Å². The number of nitrogens with zero attached hydrogens (tertiary/aromatic N) is 2. The average Bonchev–Trinajstić information content (AvgIpc) is 2.41. The lowest BCUT2D eigenvalue weighted by Gasteiger charge is -2.17. The molecule has 0 amide bonds. The highest BCUT2D eigenvalue weighted by Crippen LogP contribution is 2.13. The Hall–Kier alpha value is -1.94. The number of anilines is 1. The third-order valence-corrected chi connectivity index (χ3v) is 3.02. The molecular formula is C14H18N4. The van der Waals surface area contributed by atoms with Crippen LogP contribution in [-0.2, 0) is 12.8 Å². The van der Waals surface area contributed by atoms with Crippen LogP contribution in [0.5, 0.6) is 0 Å². The monoisotopic (exact) mass is 242 g/mol. The lowest BCUT2D eigenvalue weighted by molar-refractivity contribution is 0.555. The van der Waals surface area contributed by atoms with Crippen molar-refractivity contribution in [2.75, 3.05) is 12.8 Å². The molecule has 4 nitrogen and oxygen atoms in total. The van der Waals surface area contributed by atoms with E-state index in [1.807, 2.05) is 31.6 Å². The summed E-state index contributed by atoms with van der Waals surface area (Å²) >= 11 is 0. The zero-order valence-corrected chi connectivity index (χ0v) is 10.5. The Morgan fingerprint density at radius 2 is 2.00 bits per heavy atom. The highest BCUT2D eigenvalue weighted by atomic mass is 14.9. The van der Waals surface area contributed by atoms with Crippen LogP contribution in [0, 0.1) is 0 Å². The second-order valence-electron chi connectivity index (χ2n) is 4.33. The molecule has 0 aromatic carbocycles. The Balaban J connectivity index is 2.04. The van der Waals surface area contributed by atoms with E-state index in [1.165, 1.54) is 5.56 Å². The number of nitrogen functional groups attached to an aromatic ring is 1. The summed E-state index contributed by atoms with van der Waals surface area (Å²) in [5.74, 6) is 0. The van der Waals surface area contributed by atoms with Crippen molar-refractivity contribution in [1.29, 1.82) is 0 Å². The maximum atomic E-state index is 5.94. The first-order valence-electron chi connectivity index (χ1n) is 6.04. The van der Waals surface area contributed by atoms with Crippen molar-refractivity contribution in [3.63, 3.8) is 0 Å². The number of hydrogen-bond acceptors (Lipinski definition) is 4. The second kappa shape index (κ2) is 6.12. The molecule has 94 valence electrons. The lowest BCUT2D eigenvalue weighted by Crippen LogP contribution is -2.30. The van der Waals surface area contributed by atoms with Gasteiger partial charge in [-0.3, -0.25) is 9.97 Å². The average molecular weight is 242 g/mol. The first-order valence-corrected chi connectivity index (χ1v) is 6.04. The predicted octanol–water partition coefficient (Wildman–Crippen LogP) is 1.43. The van der Waals surface area contributed by atoms with E-state index < -0.39 is 0 Å². The summed E-state index contributed by atoms with van der Waals surface area (Å²) in [6.45, 7) is 0. The minimum absolute atomic E-state index is 0.334. The molecule has 2 aromatic rings. The normalized spacial score (nSPS) is 12.3. The molecule has 4 heteroatoms. The summed E-state index contributed by atoms with van der Waals surface area (Å²) in [6, 6.07) is 6.22. The Bertz CT molecular complexity index is 484. The molecule has 1 unspecified atom stereocenters. The van der Waals surface area contributed by atoms with Gasteiger partial charge in [-0.25, -0.2) is 0 Å². The number of likely N-dealkylation sites (N-methyl/N-ethyl adjacent to an activating group) is 1. The first kappa shape index (κ1) is 12.5. The van der Waals surface area contributed by atoms with E-state index in [-0.39, 0.29) is 0 Å². The fourth-order valence-electron chi connectivity index (χ4n) is 1.95. The van der Waals surface area contributed by atoms with Gasteiger partial charge in [0.05, 0.1) is 0 Å². The van der Waals surface area contributed by atoms with Gasteiger partial charge in [-0.05, 0) is 43.1 Å². The molecule has 0 aliphatic carbocycles. The van der Waals surface area contributed by atoms with E-state index in [2.05, 4.69) is 21.4 Å². The van der Waals surface area contributed by atoms with Crippen LogP contribution in [0.15, 0.2) is 43.0 Å². The standard InChI is InChI=1S/C14H18N4/c1-16-13(7-11-3-2-5-17-9-11)8-12-10-18-6-4-14(12)15/h2-6,9-10,13,16H,7-8H2,1H3,(H2,15,18). The number of hydrogen-bond donors (Lipinski definition) is 2. The number of nitrogens with one attached hydrogen (secondary N) is 1. The van der Waals surface area contributed by atoms with Gasteiger partial charge >= 0.3 is 0 Å². The zero-order valence-electron chi connectivity index (χ0n) is 10.5. The number of rotatable bonds is 5. The largest absolute Gasteiger partial charge is 0.398 e. The van der Waals surface area contributed by atoms with E-state index in [4.69, 9.17) is 5.73 Å².